The minimum Gasteiger partial charge on any atom is -0.493 e. The number of hydrogen-bond donors (Lipinski definition) is 1. The third kappa shape index (κ3) is 3.51. The van der Waals surface area contributed by atoms with Gasteiger partial charge in [-0.3, -0.25) is 4.79 Å². The predicted molar refractivity (Wildman–Crippen MR) is 107 cm³/mol. The van der Waals surface area contributed by atoms with Crippen LogP contribution in [-0.4, -0.2) is 19.8 Å². The number of benzene rings is 1. The number of fused-ring (bicyclic) bond motifs is 2. The fourth-order valence-corrected chi connectivity index (χ4v) is 4.73. The Balaban J connectivity index is 1.63. The van der Waals surface area contributed by atoms with E-state index >= 15 is 0 Å². The summed E-state index contributed by atoms with van der Waals surface area (Å²) in [6.07, 6.45) is 5.35. The predicted octanol–water partition coefficient (Wildman–Crippen LogP) is 3.78. The maximum Gasteiger partial charge on any atom is 0.266 e. The third-order valence-corrected chi connectivity index (χ3v) is 6.07. The molecule has 0 fully saturated rings. The Morgan fingerprint density at radius 1 is 1.28 bits per heavy atom. The summed E-state index contributed by atoms with van der Waals surface area (Å²) in [6.45, 7) is 0.0877. The molecule has 1 aliphatic heterocycles. The van der Waals surface area contributed by atoms with Crippen LogP contribution in [0.25, 0.3) is 6.08 Å². The zero-order valence-electron chi connectivity index (χ0n) is 15.7. The Morgan fingerprint density at radius 3 is 2.86 bits per heavy atom. The van der Waals surface area contributed by atoms with E-state index in [1.807, 2.05) is 6.07 Å². The molecule has 0 spiro atoms. The number of aryl methyl sites for hydroxylation is 1. The van der Waals surface area contributed by atoms with Gasteiger partial charge in [0, 0.05) is 4.88 Å². The van der Waals surface area contributed by atoms with Gasteiger partial charge >= 0.3 is 0 Å². The molecule has 0 unspecified atom stereocenters. The van der Waals surface area contributed by atoms with E-state index in [1.165, 1.54) is 24.5 Å². The molecule has 7 nitrogen and oxygen atoms in total. The zero-order chi connectivity index (χ0) is 20.4. The van der Waals surface area contributed by atoms with Crippen LogP contribution in [0.4, 0.5) is 5.00 Å². The quantitative estimate of drug-likeness (QED) is 0.611. The number of anilines is 1. The number of amides is 1. The van der Waals surface area contributed by atoms with Gasteiger partial charge in [0.25, 0.3) is 5.91 Å². The summed E-state index contributed by atoms with van der Waals surface area (Å²) in [5, 5.41) is 22.3. The van der Waals surface area contributed by atoms with Crippen LogP contribution in [0.2, 0.25) is 0 Å². The van der Waals surface area contributed by atoms with Crippen LogP contribution in [0.1, 0.15) is 34.4 Å². The Bertz CT molecular complexity index is 1100. The number of nitrogens with one attached hydrogen (secondary N) is 1. The lowest BCUT2D eigenvalue weighted by Gasteiger charge is -2.09. The summed E-state index contributed by atoms with van der Waals surface area (Å²) in [6, 6.07) is 7.49. The molecule has 4 rings (SSSR count). The maximum absolute atomic E-state index is 12.7. The van der Waals surface area contributed by atoms with Crippen molar-refractivity contribution in [3.05, 3.63) is 39.3 Å². The first-order valence-electron chi connectivity index (χ1n) is 9.10. The first kappa shape index (κ1) is 18.9. The highest BCUT2D eigenvalue weighted by Gasteiger charge is 2.23. The minimum absolute atomic E-state index is 0.0822. The topological polar surface area (TPSA) is 104 Å². The lowest BCUT2D eigenvalue weighted by Crippen LogP contribution is -2.13. The van der Waals surface area contributed by atoms with Crippen molar-refractivity contribution < 1.29 is 19.0 Å². The van der Waals surface area contributed by atoms with Crippen LogP contribution in [0.3, 0.4) is 0 Å². The van der Waals surface area contributed by atoms with Gasteiger partial charge in [0.05, 0.1) is 12.7 Å². The van der Waals surface area contributed by atoms with E-state index in [1.54, 1.807) is 12.1 Å². The van der Waals surface area contributed by atoms with Crippen molar-refractivity contribution >= 4 is 28.3 Å². The van der Waals surface area contributed by atoms with Crippen molar-refractivity contribution in [3.8, 4) is 29.4 Å². The van der Waals surface area contributed by atoms with E-state index in [-0.39, 0.29) is 12.4 Å². The maximum atomic E-state index is 12.7. The van der Waals surface area contributed by atoms with E-state index in [9.17, 15) is 15.3 Å². The molecule has 2 heterocycles. The van der Waals surface area contributed by atoms with Crippen LogP contribution in [0, 0.1) is 22.7 Å². The number of hydrogen-bond acceptors (Lipinski definition) is 7. The van der Waals surface area contributed by atoms with Gasteiger partial charge in [0.1, 0.15) is 22.7 Å². The van der Waals surface area contributed by atoms with Crippen molar-refractivity contribution in [3.63, 3.8) is 0 Å². The van der Waals surface area contributed by atoms with E-state index in [4.69, 9.17) is 14.2 Å². The van der Waals surface area contributed by atoms with Crippen molar-refractivity contribution in [1.82, 2.24) is 0 Å². The van der Waals surface area contributed by atoms with Gasteiger partial charge in [0.15, 0.2) is 11.5 Å². The molecule has 0 radical (unpaired) electrons. The van der Waals surface area contributed by atoms with Gasteiger partial charge in [-0.2, -0.15) is 10.5 Å². The van der Waals surface area contributed by atoms with E-state index in [0.717, 1.165) is 36.1 Å². The van der Waals surface area contributed by atoms with Crippen molar-refractivity contribution in [1.29, 1.82) is 10.5 Å². The summed E-state index contributed by atoms with van der Waals surface area (Å²) in [5.74, 6) is 0.891. The molecule has 29 heavy (non-hydrogen) atoms. The molecule has 0 bridgehead atoms. The molecule has 1 aromatic heterocycles. The highest BCUT2D eigenvalue weighted by atomic mass is 32.1. The van der Waals surface area contributed by atoms with E-state index in [2.05, 4.69) is 11.4 Å². The number of rotatable bonds is 4. The normalized spacial score (nSPS) is 14.5. The van der Waals surface area contributed by atoms with Crippen LogP contribution < -0.4 is 19.5 Å². The molecular formula is C21H17N3O4S. The molecule has 1 aliphatic carbocycles. The number of ether oxygens (including phenoxy) is 3. The number of carbonyl (C=O) groups excluding carboxylic acids is 1. The van der Waals surface area contributed by atoms with E-state index < -0.39 is 5.91 Å². The summed E-state index contributed by atoms with van der Waals surface area (Å²) in [5.41, 5.74) is 2.03. The fourth-order valence-electron chi connectivity index (χ4n) is 3.49. The highest BCUT2D eigenvalue weighted by Crippen LogP contribution is 2.42. The molecule has 1 amide bonds. The molecule has 0 saturated carbocycles. The molecule has 2 aromatic rings. The van der Waals surface area contributed by atoms with Crippen LogP contribution >= 0.6 is 11.3 Å². The van der Waals surface area contributed by atoms with E-state index in [0.29, 0.717) is 33.4 Å². The number of nitrogens with zero attached hydrogens (tertiary/aromatic N) is 2. The summed E-state index contributed by atoms with van der Waals surface area (Å²) in [4.78, 5) is 13.9. The molecule has 0 saturated heterocycles. The Kier molecular flexibility index (Phi) is 5.11. The summed E-state index contributed by atoms with van der Waals surface area (Å²) < 4.78 is 16.0. The molecule has 1 N–H and O–H groups in total. The van der Waals surface area contributed by atoms with Crippen LogP contribution in [0.15, 0.2) is 17.7 Å². The molecule has 146 valence electrons. The van der Waals surface area contributed by atoms with Gasteiger partial charge in [-0.25, -0.2) is 0 Å². The SMILES string of the molecule is COc1cc(/C=C(\C#N)C(=O)Nc2sc3c(c2C#N)CCCC3)cc2c1OCO2. The largest absolute Gasteiger partial charge is 0.493 e. The average Bonchev–Trinajstić information content (AvgIpc) is 3.34. The summed E-state index contributed by atoms with van der Waals surface area (Å²) in [7, 11) is 1.50. The Morgan fingerprint density at radius 2 is 2.10 bits per heavy atom. The van der Waals surface area contributed by atoms with Crippen molar-refractivity contribution in [2.75, 3.05) is 19.2 Å². The molecule has 0 atom stereocenters. The van der Waals surface area contributed by atoms with Crippen LogP contribution in [-0.2, 0) is 17.6 Å². The number of methoxy groups -OCH3 is 1. The standard InChI is InChI=1S/C21H17N3O4S/c1-26-16-7-12(8-17-19(16)28-11-27-17)6-13(9-22)20(25)24-21-15(10-23)14-4-2-3-5-18(14)29-21/h6-8H,2-5,11H2,1H3,(H,24,25)/b13-6+. The Hall–Kier alpha value is -3.49. The zero-order valence-corrected chi connectivity index (χ0v) is 16.5. The van der Waals surface area contributed by atoms with Gasteiger partial charge in [0.2, 0.25) is 12.5 Å². The first-order valence-corrected chi connectivity index (χ1v) is 9.91. The average molecular weight is 407 g/mol. The number of thiophene rings is 1. The number of carbonyl (C=O) groups is 1. The van der Waals surface area contributed by atoms with Gasteiger partial charge in [-0.05, 0) is 55.0 Å². The second-order valence-corrected chi connectivity index (χ2v) is 7.71. The van der Waals surface area contributed by atoms with Gasteiger partial charge < -0.3 is 19.5 Å². The second-order valence-electron chi connectivity index (χ2n) is 6.61. The van der Waals surface area contributed by atoms with Crippen molar-refractivity contribution in [2.45, 2.75) is 25.7 Å². The molecule has 1 aromatic carbocycles. The highest BCUT2D eigenvalue weighted by molar-refractivity contribution is 7.16. The summed E-state index contributed by atoms with van der Waals surface area (Å²) >= 11 is 1.42. The lowest BCUT2D eigenvalue weighted by atomic mass is 9.96. The molecular weight excluding hydrogens is 390 g/mol. The fraction of sp³-hybridized carbons (Fsp3) is 0.286. The van der Waals surface area contributed by atoms with Crippen molar-refractivity contribution in [2.24, 2.45) is 0 Å². The smallest absolute Gasteiger partial charge is 0.266 e. The third-order valence-electron chi connectivity index (χ3n) is 4.87. The lowest BCUT2D eigenvalue weighted by molar-refractivity contribution is -0.112. The molecule has 2 aliphatic rings. The minimum atomic E-state index is -0.556. The monoisotopic (exact) mass is 407 g/mol. The van der Waals surface area contributed by atoms with Crippen LogP contribution in [0.5, 0.6) is 17.2 Å². The van der Waals surface area contributed by atoms with Gasteiger partial charge in [-0.15, -0.1) is 11.3 Å². The first-order chi connectivity index (χ1) is 14.1. The molecule has 8 heteroatoms. The Labute approximate surface area is 171 Å². The second kappa shape index (κ2) is 7.86. The number of nitriles is 2. The van der Waals surface area contributed by atoms with Gasteiger partial charge in [-0.1, -0.05) is 0 Å².